The Kier molecular flexibility index (Phi) is 5.09. The van der Waals surface area contributed by atoms with E-state index in [1.807, 2.05) is 0 Å². The number of carbonyl (C=O) groups excluding carboxylic acids is 1. The van der Waals surface area contributed by atoms with Crippen molar-refractivity contribution in [1.82, 2.24) is 5.32 Å². The Morgan fingerprint density at radius 3 is 2.62 bits per heavy atom. The molecule has 0 aliphatic heterocycles. The van der Waals surface area contributed by atoms with Gasteiger partial charge in [-0.15, -0.1) is 0 Å². The third-order valence-electron chi connectivity index (χ3n) is 3.71. The van der Waals surface area contributed by atoms with E-state index in [0.717, 1.165) is 25.0 Å². The molecule has 1 aliphatic carbocycles. The summed E-state index contributed by atoms with van der Waals surface area (Å²) >= 11 is 0. The fraction of sp³-hybridized carbons (Fsp3) is 0.533. The highest BCUT2D eigenvalue weighted by Crippen LogP contribution is 2.30. The molecule has 0 atom stereocenters. The van der Waals surface area contributed by atoms with Gasteiger partial charge in [0.1, 0.15) is 0 Å². The zero-order chi connectivity index (χ0) is 15.3. The van der Waals surface area contributed by atoms with Gasteiger partial charge in [-0.25, -0.2) is 0 Å². The van der Waals surface area contributed by atoms with Gasteiger partial charge in [0.2, 0.25) is 5.91 Å². The van der Waals surface area contributed by atoms with Crippen LogP contribution >= 0.6 is 0 Å². The number of hydrogen-bond donors (Lipinski definition) is 2. The largest absolute Gasteiger partial charge is 0.416 e. The minimum atomic E-state index is -4.37. The molecule has 1 aromatic carbocycles. The van der Waals surface area contributed by atoms with Crippen LogP contribution in [0.25, 0.3) is 0 Å². The van der Waals surface area contributed by atoms with E-state index in [2.05, 4.69) is 10.6 Å². The summed E-state index contributed by atoms with van der Waals surface area (Å²) in [4.78, 5) is 11.7. The normalized spacial score (nSPS) is 16.0. The summed E-state index contributed by atoms with van der Waals surface area (Å²) in [6.45, 7) is 0.636. The summed E-state index contributed by atoms with van der Waals surface area (Å²) in [7, 11) is 0. The van der Waals surface area contributed by atoms with Crippen molar-refractivity contribution in [2.24, 2.45) is 5.92 Å². The Hall–Kier alpha value is -1.72. The van der Waals surface area contributed by atoms with Crippen LogP contribution in [0.3, 0.4) is 0 Å². The van der Waals surface area contributed by atoms with Gasteiger partial charge < -0.3 is 10.6 Å². The summed E-state index contributed by atoms with van der Waals surface area (Å²) in [5, 5.41) is 5.54. The standard InChI is InChI=1S/C15H19F3N2O/c16-15(17,18)12-6-3-7-13(8-12)19-10-14(21)20-9-11-4-1-2-5-11/h3,6-8,11,19H,1-2,4-5,9-10H2,(H,20,21). The molecule has 6 heteroatoms. The SMILES string of the molecule is O=C(CNc1cccc(C(F)(F)F)c1)NCC1CCCC1. The van der Waals surface area contributed by atoms with E-state index >= 15 is 0 Å². The lowest BCUT2D eigenvalue weighted by Gasteiger charge is -2.12. The van der Waals surface area contributed by atoms with E-state index in [4.69, 9.17) is 0 Å². The van der Waals surface area contributed by atoms with Crippen molar-refractivity contribution in [2.75, 3.05) is 18.4 Å². The van der Waals surface area contributed by atoms with Crippen LogP contribution in [-0.2, 0) is 11.0 Å². The van der Waals surface area contributed by atoms with Crippen LogP contribution in [0.5, 0.6) is 0 Å². The van der Waals surface area contributed by atoms with Gasteiger partial charge in [-0.2, -0.15) is 13.2 Å². The molecule has 0 unspecified atom stereocenters. The molecule has 2 N–H and O–H groups in total. The second-order valence-corrected chi connectivity index (χ2v) is 5.39. The topological polar surface area (TPSA) is 41.1 Å². The van der Waals surface area contributed by atoms with Crippen molar-refractivity contribution in [1.29, 1.82) is 0 Å². The molecule has 0 saturated heterocycles. The zero-order valence-corrected chi connectivity index (χ0v) is 11.7. The van der Waals surface area contributed by atoms with Crippen molar-refractivity contribution >= 4 is 11.6 Å². The van der Waals surface area contributed by atoms with E-state index in [-0.39, 0.29) is 12.5 Å². The number of anilines is 1. The molecular weight excluding hydrogens is 281 g/mol. The zero-order valence-electron chi connectivity index (χ0n) is 11.7. The van der Waals surface area contributed by atoms with Gasteiger partial charge in [0, 0.05) is 12.2 Å². The first kappa shape index (κ1) is 15.7. The van der Waals surface area contributed by atoms with E-state index in [1.165, 1.54) is 25.0 Å². The molecule has 1 fully saturated rings. The summed E-state index contributed by atoms with van der Waals surface area (Å²) in [5.41, 5.74) is -0.431. The molecule has 1 aromatic rings. The third-order valence-corrected chi connectivity index (χ3v) is 3.71. The summed E-state index contributed by atoms with van der Waals surface area (Å²) < 4.78 is 37.7. The highest BCUT2D eigenvalue weighted by atomic mass is 19.4. The minimum absolute atomic E-state index is 0.0198. The van der Waals surface area contributed by atoms with Gasteiger partial charge >= 0.3 is 6.18 Å². The molecule has 0 spiro atoms. The third kappa shape index (κ3) is 4.95. The highest BCUT2D eigenvalue weighted by Gasteiger charge is 2.30. The van der Waals surface area contributed by atoms with Crippen molar-refractivity contribution in [3.63, 3.8) is 0 Å². The second-order valence-electron chi connectivity index (χ2n) is 5.39. The first-order chi connectivity index (χ1) is 9.95. The predicted octanol–water partition coefficient (Wildman–Crippen LogP) is 3.42. The molecule has 116 valence electrons. The predicted molar refractivity (Wildman–Crippen MR) is 74.9 cm³/mol. The Bertz CT molecular complexity index is 482. The lowest BCUT2D eigenvalue weighted by atomic mass is 10.1. The van der Waals surface area contributed by atoms with E-state index in [9.17, 15) is 18.0 Å². The van der Waals surface area contributed by atoms with Crippen LogP contribution in [0.1, 0.15) is 31.2 Å². The van der Waals surface area contributed by atoms with Gasteiger partial charge in [-0.3, -0.25) is 4.79 Å². The van der Waals surface area contributed by atoms with E-state index < -0.39 is 11.7 Å². The van der Waals surface area contributed by atoms with Crippen molar-refractivity contribution < 1.29 is 18.0 Å². The molecule has 1 saturated carbocycles. The van der Waals surface area contributed by atoms with Crippen molar-refractivity contribution in [3.8, 4) is 0 Å². The molecule has 0 aromatic heterocycles. The Morgan fingerprint density at radius 2 is 1.95 bits per heavy atom. The first-order valence-electron chi connectivity index (χ1n) is 7.13. The summed E-state index contributed by atoms with van der Waals surface area (Å²) in [6, 6.07) is 4.84. The van der Waals surface area contributed by atoms with Gasteiger partial charge in [0.15, 0.2) is 0 Å². The van der Waals surface area contributed by atoms with Crippen LogP contribution in [0.2, 0.25) is 0 Å². The molecule has 0 bridgehead atoms. The lowest BCUT2D eigenvalue weighted by Crippen LogP contribution is -2.33. The van der Waals surface area contributed by atoms with Crippen LogP contribution < -0.4 is 10.6 Å². The maximum absolute atomic E-state index is 12.6. The molecule has 0 heterocycles. The van der Waals surface area contributed by atoms with Gasteiger partial charge in [-0.05, 0) is 37.0 Å². The van der Waals surface area contributed by atoms with Crippen molar-refractivity contribution in [3.05, 3.63) is 29.8 Å². The van der Waals surface area contributed by atoms with Crippen LogP contribution in [0.15, 0.2) is 24.3 Å². The van der Waals surface area contributed by atoms with Crippen LogP contribution in [-0.4, -0.2) is 19.0 Å². The average Bonchev–Trinajstić information content (AvgIpc) is 2.95. The number of carbonyl (C=O) groups is 1. The lowest BCUT2D eigenvalue weighted by molar-refractivity contribution is -0.137. The number of alkyl halides is 3. The monoisotopic (exact) mass is 300 g/mol. The maximum atomic E-state index is 12.6. The van der Waals surface area contributed by atoms with Gasteiger partial charge in [-0.1, -0.05) is 18.9 Å². The highest BCUT2D eigenvalue weighted by molar-refractivity contribution is 5.80. The quantitative estimate of drug-likeness (QED) is 0.875. The number of nitrogens with one attached hydrogen (secondary N) is 2. The fourth-order valence-corrected chi connectivity index (χ4v) is 2.52. The second kappa shape index (κ2) is 6.83. The number of halogens is 3. The smallest absolute Gasteiger partial charge is 0.376 e. The maximum Gasteiger partial charge on any atom is 0.416 e. The number of rotatable bonds is 5. The minimum Gasteiger partial charge on any atom is -0.376 e. The number of hydrogen-bond acceptors (Lipinski definition) is 2. The Morgan fingerprint density at radius 1 is 1.24 bits per heavy atom. The Balaban J connectivity index is 1.78. The first-order valence-corrected chi connectivity index (χ1v) is 7.13. The molecular formula is C15H19F3N2O. The molecule has 3 nitrogen and oxygen atoms in total. The number of amides is 1. The number of benzene rings is 1. The molecule has 2 rings (SSSR count). The molecule has 1 amide bonds. The van der Waals surface area contributed by atoms with Gasteiger partial charge in [0.05, 0.1) is 12.1 Å². The van der Waals surface area contributed by atoms with Crippen LogP contribution in [0.4, 0.5) is 18.9 Å². The average molecular weight is 300 g/mol. The summed E-state index contributed by atoms with van der Waals surface area (Å²) in [6.07, 6.45) is 0.330. The molecule has 0 radical (unpaired) electrons. The van der Waals surface area contributed by atoms with Crippen LogP contribution in [0, 0.1) is 5.92 Å². The summed E-state index contributed by atoms with van der Waals surface area (Å²) in [5.74, 6) is 0.349. The Labute approximate surface area is 121 Å². The molecule has 21 heavy (non-hydrogen) atoms. The van der Waals surface area contributed by atoms with E-state index in [0.29, 0.717) is 18.2 Å². The fourth-order valence-electron chi connectivity index (χ4n) is 2.52. The van der Waals surface area contributed by atoms with Crippen molar-refractivity contribution in [2.45, 2.75) is 31.9 Å². The van der Waals surface area contributed by atoms with Gasteiger partial charge in [0.25, 0.3) is 0 Å². The molecule has 1 aliphatic rings. The van der Waals surface area contributed by atoms with E-state index in [1.54, 1.807) is 0 Å².